The molecule has 1 saturated heterocycles. The van der Waals surface area contributed by atoms with Crippen molar-refractivity contribution in [2.24, 2.45) is 0 Å². The largest absolute Gasteiger partial charge is 0.493 e. The summed E-state index contributed by atoms with van der Waals surface area (Å²) in [5.74, 6) is -0.259. The SMILES string of the molecule is COc1ccc([C@@H](C(=O)NC[C@H]2CCCO2)N(C(=O)CNC(=O)c2cccs2)c2ccc(C)cc2)cc1OC. The lowest BCUT2D eigenvalue weighted by molar-refractivity contribution is -0.126. The molecule has 0 aliphatic carbocycles. The van der Waals surface area contributed by atoms with Crippen molar-refractivity contribution >= 4 is 34.7 Å². The van der Waals surface area contributed by atoms with Crippen LogP contribution in [0.25, 0.3) is 0 Å². The van der Waals surface area contributed by atoms with Crippen LogP contribution in [0.15, 0.2) is 60.0 Å². The van der Waals surface area contributed by atoms with Gasteiger partial charge >= 0.3 is 0 Å². The molecular formula is C29H33N3O6S. The summed E-state index contributed by atoms with van der Waals surface area (Å²) in [5.41, 5.74) is 2.04. The van der Waals surface area contributed by atoms with E-state index < -0.39 is 11.9 Å². The first-order chi connectivity index (χ1) is 18.9. The van der Waals surface area contributed by atoms with Gasteiger partial charge in [-0.2, -0.15) is 0 Å². The second-order valence-corrected chi connectivity index (χ2v) is 10.1. The number of ether oxygens (including phenoxy) is 3. The van der Waals surface area contributed by atoms with Gasteiger partial charge in [0.2, 0.25) is 11.8 Å². The van der Waals surface area contributed by atoms with Gasteiger partial charge < -0.3 is 24.8 Å². The van der Waals surface area contributed by atoms with Gasteiger partial charge in [-0.3, -0.25) is 19.3 Å². The van der Waals surface area contributed by atoms with Gasteiger partial charge in [0.1, 0.15) is 6.04 Å². The lowest BCUT2D eigenvalue weighted by atomic mass is 10.0. The summed E-state index contributed by atoms with van der Waals surface area (Å²) in [7, 11) is 3.04. The highest BCUT2D eigenvalue weighted by atomic mass is 32.1. The first-order valence-electron chi connectivity index (χ1n) is 12.7. The third kappa shape index (κ3) is 6.96. The van der Waals surface area contributed by atoms with E-state index in [1.807, 2.05) is 19.1 Å². The van der Waals surface area contributed by atoms with E-state index in [4.69, 9.17) is 14.2 Å². The summed E-state index contributed by atoms with van der Waals surface area (Å²) in [4.78, 5) is 42.2. The van der Waals surface area contributed by atoms with Crippen LogP contribution in [0.4, 0.5) is 5.69 Å². The number of thiophene rings is 1. The van der Waals surface area contributed by atoms with Crippen molar-refractivity contribution in [3.63, 3.8) is 0 Å². The molecule has 4 rings (SSSR count). The number of hydrogen-bond donors (Lipinski definition) is 2. The lowest BCUT2D eigenvalue weighted by Gasteiger charge is -2.32. The summed E-state index contributed by atoms with van der Waals surface area (Å²) in [6.07, 6.45) is 1.72. The number of carbonyl (C=O) groups excluding carboxylic acids is 3. The molecule has 39 heavy (non-hydrogen) atoms. The van der Waals surface area contributed by atoms with Crippen molar-refractivity contribution in [2.75, 3.05) is 38.8 Å². The Bertz CT molecular complexity index is 1270. The number of nitrogens with zero attached hydrogens (tertiary/aromatic N) is 1. The number of hydrogen-bond acceptors (Lipinski definition) is 7. The monoisotopic (exact) mass is 551 g/mol. The molecule has 0 bridgehead atoms. The molecule has 2 aromatic carbocycles. The van der Waals surface area contributed by atoms with Crippen LogP contribution in [0.2, 0.25) is 0 Å². The Kier molecular flexibility index (Phi) is 9.56. The van der Waals surface area contributed by atoms with Crippen molar-refractivity contribution in [2.45, 2.75) is 31.9 Å². The Labute approximate surface area is 232 Å². The quantitative estimate of drug-likeness (QED) is 0.375. The lowest BCUT2D eigenvalue weighted by Crippen LogP contribution is -2.48. The second-order valence-electron chi connectivity index (χ2n) is 9.16. The van der Waals surface area contributed by atoms with Gasteiger partial charge in [-0.05, 0) is 61.0 Å². The van der Waals surface area contributed by atoms with E-state index in [0.29, 0.717) is 40.8 Å². The minimum Gasteiger partial charge on any atom is -0.493 e. The van der Waals surface area contributed by atoms with Crippen LogP contribution < -0.4 is 25.0 Å². The molecule has 9 nitrogen and oxygen atoms in total. The van der Waals surface area contributed by atoms with Crippen molar-refractivity contribution in [3.8, 4) is 11.5 Å². The maximum atomic E-state index is 13.8. The number of methoxy groups -OCH3 is 2. The number of nitrogens with one attached hydrogen (secondary N) is 2. The Morgan fingerprint density at radius 3 is 2.46 bits per heavy atom. The molecule has 3 aromatic rings. The van der Waals surface area contributed by atoms with E-state index in [9.17, 15) is 14.4 Å². The van der Waals surface area contributed by atoms with Gasteiger partial charge in [0.25, 0.3) is 5.91 Å². The highest BCUT2D eigenvalue weighted by molar-refractivity contribution is 7.12. The number of benzene rings is 2. The highest BCUT2D eigenvalue weighted by Gasteiger charge is 2.34. The zero-order valence-corrected chi connectivity index (χ0v) is 23.1. The average Bonchev–Trinajstić information content (AvgIpc) is 3.68. The smallest absolute Gasteiger partial charge is 0.261 e. The summed E-state index contributed by atoms with van der Waals surface area (Å²) in [6, 6.07) is 14.8. The summed E-state index contributed by atoms with van der Waals surface area (Å²) in [5, 5.41) is 7.46. The fraction of sp³-hybridized carbons (Fsp3) is 0.345. The first kappa shape index (κ1) is 28.1. The van der Waals surface area contributed by atoms with Crippen LogP contribution in [-0.4, -0.2) is 57.7 Å². The predicted octanol–water partition coefficient (Wildman–Crippen LogP) is 3.87. The summed E-state index contributed by atoms with van der Waals surface area (Å²) >= 11 is 1.28. The van der Waals surface area contributed by atoms with E-state index in [2.05, 4.69) is 10.6 Å². The van der Waals surface area contributed by atoms with Gasteiger partial charge in [-0.15, -0.1) is 11.3 Å². The Morgan fingerprint density at radius 2 is 1.82 bits per heavy atom. The maximum absolute atomic E-state index is 13.8. The van der Waals surface area contributed by atoms with Crippen LogP contribution in [0.1, 0.15) is 39.7 Å². The number of anilines is 1. The van der Waals surface area contributed by atoms with Gasteiger partial charge in [0, 0.05) is 18.8 Å². The molecule has 0 spiro atoms. The molecular weight excluding hydrogens is 518 g/mol. The maximum Gasteiger partial charge on any atom is 0.261 e. The molecule has 1 aliphatic heterocycles. The Morgan fingerprint density at radius 1 is 1.05 bits per heavy atom. The van der Waals surface area contributed by atoms with Crippen molar-refractivity contribution < 1.29 is 28.6 Å². The number of amides is 3. The number of rotatable bonds is 11. The van der Waals surface area contributed by atoms with Gasteiger partial charge in [0.05, 0.1) is 31.7 Å². The van der Waals surface area contributed by atoms with Crippen LogP contribution in [0.5, 0.6) is 11.5 Å². The molecule has 206 valence electrons. The Hall–Kier alpha value is -3.89. The minimum absolute atomic E-state index is 0.0754. The molecule has 1 fully saturated rings. The normalized spacial score (nSPS) is 15.3. The molecule has 1 aliphatic rings. The molecule has 1 aromatic heterocycles. The van der Waals surface area contributed by atoms with E-state index in [-0.39, 0.29) is 24.5 Å². The topological polar surface area (TPSA) is 106 Å². The van der Waals surface area contributed by atoms with Crippen LogP contribution in [0.3, 0.4) is 0 Å². The van der Waals surface area contributed by atoms with Crippen molar-refractivity contribution in [1.82, 2.24) is 10.6 Å². The molecule has 0 radical (unpaired) electrons. The third-order valence-corrected chi connectivity index (χ3v) is 7.35. The first-order valence-corrected chi connectivity index (χ1v) is 13.6. The predicted molar refractivity (Wildman–Crippen MR) is 150 cm³/mol. The fourth-order valence-electron chi connectivity index (χ4n) is 4.44. The molecule has 10 heteroatoms. The van der Waals surface area contributed by atoms with Gasteiger partial charge in [-0.25, -0.2) is 0 Å². The van der Waals surface area contributed by atoms with E-state index >= 15 is 0 Å². The van der Waals surface area contributed by atoms with Crippen LogP contribution in [-0.2, 0) is 14.3 Å². The molecule has 2 atom stereocenters. The minimum atomic E-state index is -1.06. The standard InChI is InChI=1S/C29H33N3O6S/c1-19-8-11-21(12-9-19)32(26(33)18-31-28(34)25-7-5-15-39-25)27(29(35)30-17-22-6-4-14-38-22)20-10-13-23(36-2)24(16-20)37-3/h5,7-13,15-16,22,27H,4,6,14,17-18H2,1-3H3,(H,30,35)(H,31,34)/t22-,27+/m1/s1. The molecule has 3 amide bonds. The number of aryl methyl sites for hydroxylation is 1. The van der Waals surface area contributed by atoms with Crippen molar-refractivity contribution in [3.05, 3.63) is 76.0 Å². The Balaban J connectivity index is 1.70. The molecule has 0 unspecified atom stereocenters. The van der Waals surface area contributed by atoms with Crippen LogP contribution >= 0.6 is 11.3 Å². The molecule has 2 N–H and O–H groups in total. The zero-order valence-electron chi connectivity index (χ0n) is 22.3. The van der Waals surface area contributed by atoms with Gasteiger partial charge in [-0.1, -0.05) is 29.8 Å². The van der Waals surface area contributed by atoms with Crippen molar-refractivity contribution in [1.29, 1.82) is 0 Å². The summed E-state index contributed by atoms with van der Waals surface area (Å²) < 4.78 is 16.6. The van der Waals surface area contributed by atoms with Gasteiger partial charge in [0.15, 0.2) is 11.5 Å². The van der Waals surface area contributed by atoms with E-state index in [1.54, 1.807) is 47.8 Å². The number of carbonyl (C=O) groups is 3. The molecule has 0 saturated carbocycles. The average molecular weight is 552 g/mol. The third-order valence-electron chi connectivity index (χ3n) is 6.48. The highest BCUT2D eigenvalue weighted by Crippen LogP contribution is 2.34. The fourth-order valence-corrected chi connectivity index (χ4v) is 5.08. The summed E-state index contributed by atoms with van der Waals surface area (Å²) in [6.45, 7) is 2.63. The van der Waals surface area contributed by atoms with E-state index in [0.717, 1.165) is 18.4 Å². The molecule has 2 heterocycles. The second kappa shape index (κ2) is 13.3. The van der Waals surface area contributed by atoms with Crippen LogP contribution in [0, 0.1) is 6.92 Å². The zero-order chi connectivity index (χ0) is 27.8. The van der Waals surface area contributed by atoms with E-state index in [1.165, 1.54) is 30.5 Å².